The van der Waals surface area contributed by atoms with Crippen LogP contribution in [0.2, 0.25) is 0 Å². The molecule has 0 radical (unpaired) electrons. The molecule has 0 fully saturated rings. The summed E-state index contributed by atoms with van der Waals surface area (Å²) in [4.78, 5) is 0. The van der Waals surface area contributed by atoms with Crippen molar-refractivity contribution >= 4 is 11.3 Å². The van der Waals surface area contributed by atoms with Crippen LogP contribution in [0.15, 0.2) is 16.8 Å². The van der Waals surface area contributed by atoms with Gasteiger partial charge >= 0.3 is 0 Å². The maximum absolute atomic E-state index is 9.96. The SMILES string of the molecule is CCOC(C)(C)C(O)Cc1ccsc1. The highest BCUT2D eigenvalue weighted by atomic mass is 32.1. The van der Waals surface area contributed by atoms with Crippen LogP contribution in [0.3, 0.4) is 0 Å². The Labute approximate surface area is 89.5 Å². The molecule has 1 atom stereocenters. The van der Waals surface area contributed by atoms with E-state index >= 15 is 0 Å². The summed E-state index contributed by atoms with van der Waals surface area (Å²) in [6.45, 7) is 6.42. The van der Waals surface area contributed by atoms with E-state index < -0.39 is 11.7 Å². The van der Waals surface area contributed by atoms with E-state index in [4.69, 9.17) is 4.74 Å². The number of aliphatic hydroxyl groups is 1. The molecule has 1 heterocycles. The molecule has 1 rings (SSSR count). The topological polar surface area (TPSA) is 29.5 Å². The summed E-state index contributed by atoms with van der Waals surface area (Å²) in [5.74, 6) is 0. The highest BCUT2D eigenvalue weighted by Crippen LogP contribution is 2.19. The summed E-state index contributed by atoms with van der Waals surface area (Å²) < 4.78 is 5.49. The second kappa shape index (κ2) is 4.91. The predicted octanol–water partition coefficient (Wildman–Crippen LogP) is 2.47. The quantitative estimate of drug-likeness (QED) is 0.816. The van der Waals surface area contributed by atoms with E-state index in [-0.39, 0.29) is 0 Å². The van der Waals surface area contributed by atoms with Crippen LogP contribution in [0.1, 0.15) is 26.3 Å². The van der Waals surface area contributed by atoms with E-state index in [1.807, 2.05) is 32.2 Å². The molecule has 3 heteroatoms. The fourth-order valence-electron chi connectivity index (χ4n) is 1.35. The molecule has 80 valence electrons. The second-order valence-electron chi connectivity index (χ2n) is 3.89. The van der Waals surface area contributed by atoms with Crippen LogP contribution in [0.5, 0.6) is 0 Å². The number of thiophene rings is 1. The zero-order valence-electron chi connectivity index (χ0n) is 8.99. The summed E-state index contributed by atoms with van der Waals surface area (Å²) in [6.07, 6.45) is 0.216. The van der Waals surface area contributed by atoms with E-state index in [1.54, 1.807) is 11.3 Å². The van der Waals surface area contributed by atoms with Crippen molar-refractivity contribution in [2.45, 2.75) is 38.9 Å². The highest BCUT2D eigenvalue weighted by molar-refractivity contribution is 7.07. The Morgan fingerprint density at radius 1 is 1.57 bits per heavy atom. The van der Waals surface area contributed by atoms with Crippen molar-refractivity contribution in [3.05, 3.63) is 22.4 Å². The Morgan fingerprint density at radius 3 is 2.79 bits per heavy atom. The zero-order valence-corrected chi connectivity index (χ0v) is 9.80. The molecule has 1 aromatic rings. The molecule has 0 aliphatic carbocycles. The molecule has 2 nitrogen and oxygen atoms in total. The maximum atomic E-state index is 9.96. The van der Waals surface area contributed by atoms with Gasteiger partial charge in [-0.15, -0.1) is 0 Å². The Bertz CT molecular complexity index is 254. The molecule has 0 saturated carbocycles. The van der Waals surface area contributed by atoms with Crippen molar-refractivity contribution in [1.29, 1.82) is 0 Å². The van der Waals surface area contributed by atoms with Crippen molar-refractivity contribution in [2.24, 2.45) is 0 Å². The van der Waals surface area contributed by atoms with Crippen LogP contribution >= 0.6 is 11.3 Å². The van der Waals surface area contributed by atoms with Gasteiger partial charge in [0.1, 0.15) is 0 Å². The monoisotopic (exact) mass is 214 g/mol. The molecule has 14 heavy (non-hydrogen) atoms. The number of rotatable bonds is 5. The van der Waals surface area contributed by atoms with Gasteiger partial charge in [0.2, 0.25) is 0 Å². The van der Waals surface area contributed by atoms with Crippen LogP contribution in [-0.4, -0.2) is 23.4 Å². The van der Waals surface area contributed by atoms with Crippen molar-refractivity contribution in [3.8, 4) is 0 Å². The molecule has 0 spiro atoms. The third-order valence-electron chi connectivity index (χ3n) is 2.33. The van der Waals surface area contributed by atoms with Crippen LogP contribution in [0.4, 0.5) is 0 Å². The standard InChI is InChI=1S/C11H18O2S/c1-4-13-11(2,3)10(12)7-9-5-6-14-8-9/h5-6,8,10,12H,4,7H2,1-3H3. The summed E-state index contributed by atoms with van der Waals surface area (Å²) >= 11 is 1.65. The van der Waals surface area contributed by atoms with Crippen molar-refractivity contribution in [2.75, 3.05) is 6.61 Å². The fourth-order valence-corrected chi connectivity index (χ4v) is 2.03. The smallest absolute Gasteiger partial charge is 0.0887 e. The third-order valence-corrected chi connectivity index (χ3v) is 3.06. The maximum Gasteiger partial charge on any atom is 0.0887 e. The number of ether oxygens (including phenoxy) is 1. The van der Waals surface area contributed by atoms with Gasteiger partial charge in [-0.05, 0) is 43.2 Å². The van der Waals surface area contributed by atoms with Gasteiger partial charge in [-0.25, -0.2) is 0 Å². The Hall–Kier alpha value is -0.380. The molecule has 0 aliphatic rings. The summed E-state index contributed by atoms with van der Waals surface area (Å²) in [6, 6.07) is 2.04. The minimum Gasteiger partial charge on any atom is -0.390 e. The van der Waals surface area contributed by atoms with Crippen LogP contribution in [0, 0.1) is 0 Å². The molecule has 0 saturated heterocycles. The minimum absolute atomic E-state index is 0.447. The largest absolute Gasteiger partial charge is 0.390 e. The first-order chi connectivity index (χ1) is 6.56. The average Bonchev–Trinajstić information content (AvgIpc) is 2.56. The van der Waals surface area contributed by atoms with E-state index in [0.717, 1.165) is 0 Å². The fraction of sp³-hybridized carbons (Fsp3) is 0.636. The van der Waals surface area contributed by atoms with Gasteiger partial charge < -0.3 is 9.84 Å². The second-order valence-corrected chi connectivity index (χ2v) is 4.67. The highest BCUT2D eigenvalue weighted by Gasteiger charge is 2.28. The van der Waals surface area contributed by atoms with Crippen LogP contribution in [-0.2, 0) is 11.2 Å². The first-order valence-electron chi connectivity index (χ1n) is 4.89. The lowest BCUT2D eigenvalue weighted by molar-refractivity contribution is -0.0954. The Kier molecular flexibility index (Phi) is 4.11. The molecule has 0 aromatic carbocycles. The molecular weight excluding hydrogens is 196 g/mol. The Balaban J connectivity index is 2.52. The summed E-state index contributed by atoms with van der Waals surface area (Å²) in [5.41, 5.74) is 0.715. The molecular formula is C11H18O2S. The molecule has 1 aromatic heterocycles. The van der Waals surface area contributed by atoms with E-state index in [2.05, 4.69) is 5.38 Å². The average molecular weight is 214 g/mol. The van der Waals surface area contributed by atoms with E-state index in [0.29, 0.717) is 13.0 Å². The molecule has 0 bridgehead atoms. The lowest BCUT2D eigenvalue weighted by Crippen LogP contribution is -2.40. The number of hydrogen-bond acceptors (Lipinski definition) is 3. The van der Waals surface area contributed by atoms with Crippen molar-refractivity contribution in [1.82, 2.24) is 0 Å². The lowest BCUT2D eigenvalue weighted by Gasteiger charge is -2.30. The molecule has 1 N–H and O–H groups in total. The number of hydrogen-bond donors (Lipinski definition) is 1. The molecule has 1 unspecified atom stereocenters. The normalized spacial score (nSPS) is 14.3. The summed E-state index contributed by atoms with van der Waals surface area (Å²) in [5, 5.41) is 14.0. The third kappa shape index (κ3) is 3.08. The van der Waals surface area contributed by atoms with Gasteiger partial charge in [-0.3, -0.25) is 0 Å². The van der Waals surface area contributed by atoms with Gasteiger partial charge in [-0.2, -0.15) is 11.3 Å². The first kappa shape index (κ1) is 11.7. The van der Waals surface area contributed by atoms with Crippen LogP contribution < -0.4 is 0 Å². The van der Waals surface area contributed by atoms with Gasteiger partial charge in [-0.1, -0.05) is 0 Å². The van der Waals surface area contributed by atoms with Crippen molar-refractivity contribution < 1.29 is 9.84 Å². The van der Waals surface area contributed by atoms with Gasteiger partial charge in [0.05, 0.1) is 11.7 Å². The van der Waals surface area contributed by atoms with Crippen LogP contribution in [0.25, 0.3) is 0 Å². The Morgan fingerprint density at radius 2 is 2.29 bits per heavy atom. The van der Waals surface area contributed by atoms with E-state index in [1.165, 1.54) is 5.56 Å². The first-order valence-corrected chi connectivity index (χ1v) is 5.83. The predicted molar refractivity (Wildman–Crippen MR) is 59.7 cm³/mol. The zero-order chi connectivity index (χ0) is 10.6. The van der Waals surface area contributed by atoms with E-state index in [9.17, 15) is 5.11 Å². The molecule has 0 amide bonds. The lowest BCUT2D eigenvalue weighted by atomic mass is 9.96. The van der Waals surface area contributed by atoms with Crippen molar-refractivity contribution in [3.63, 3.8) is 0 Å². The number of aliphatic hydroxyl groups excluding tert-OH is 1. The minimum atomic E-state index is -0.462. The summed E-state index contributed by atoms with van der Waals surface area (Å²) in [7, 11) is 0. The van der Waals surface area contributed by atoms with Gasteiger partial charge in [0, 0.05) is 13.0 Å². The van der Waals surface area contributed by atoms with Gasteiger partial charge in [0.25, 0.3) is 0 Å². The van der Waals surface area contributed by atoms with Gasteiger partial charge in [0.15, 0.2) is 0 Å². The molecule has 0 aliphatic heterocycles.